The van der Waals surface area contributed by atoms with E-state index in [4.69, 9.17) is 11.6 Å². The predicted octanol–water partition coefficient (Wildman–Crippen LogP) is 5.49. The fourth-order valence-corrected chi connectivity index (χ4v) is 4.41. The van der Waals surface area contributed by atoms with E-state index in [1.807, 2.05) is 0 Å². The van der Waals surface area contributed by atoms with Gasteiger partial charge in [-0.15, -0.1) is 11.3 Å². The van der Waals surface area contributed by atoms with Crippen LogP contribution >= 0.6 is 22.9 Å². The molecule has 1 aromatic heterocycles. The smallest absolute Gasteiger partial charge is 0.351 e. The van der Waals surface area contributed by atoms with Crippen molar-refractivity contribution < 1.29 is 22.8 Å². The molecule has 9 heteroatoms. The van der Waals surface area contributed by atoms with Crippen LogP contribution in [0.15, 0.2) is 41.8 Å². The maximum atomic E-state index is 13.4. The number of carbonyl (C=O) groups excluding carboxylic acids is 2. The number of rotatable bonds is 5. The summed E-state index contributed by atoms with van der Waals surface area (Å²) in [4.78, 5) is 26.4. The summed E-state index contributed by atoms with van der Waals surface area (Å²) < 4.78 is 40.3. The third-order valence-corrected chi connectivity index (χ3v) is 6.01. The third kappa shape index (κ3) is 5.30. The zero-order valence-corrected chi connectivity index (χ0v) is 17.0. The first-order valence-corrected chi connectivity index (χ1v) is 10.5. The van der Waals surface area contributed by atoms with Crippen LogP contribution in [0.4, 0.5) is 18.9 Å². The normalized spacial score (nSPS) is 16.3. The molecule has 1 aliphatic rings. The molecule has 1 atom stereocenters. The number of hydrogen-bond acceptors (Lipinski definition) is 3. The average Bonchev–Trinajstić information content (AvgIpc) is 3.20. The van der Waals surface area contributed by atoms with E-state index in [0.29, 0.717) is 14.8 Å². The Balaban J connectivity index is 2.01. The van der Waals surface area contributed by atoms with E-state index >= 15 is 0 Å². The number of alkyl halides is 3. The van der Waals surface area contributed by atoms with Crippen LogP contribution in [-0.4, -0.2) is 24.0 Å². The topological polar surface area (TPSA) is 49.4 Å². The van der Waals surface area contributed by atoms with Gasteiger partial charge in [0.05, 0.1) is 0 Å². The second-order valence-electron chi connectivity index (χ2n) is 6.91. The van der Waals surface area contributed by atoms with Crippen LogP contribution < -0.4 is 10.2 Å². The quantitative estimate of drug-likeness (QED) is 0.663. The van der Waals surface area contributed by atoms with Crippen molar-refractivity contribution in [2.24, 2.45) is 0 Å². The van der Waals surface area contributed by atoms with Crippen molar-refractivity contribution in [3.05, 3.63) is 51.7 Å². The van der Waals surface area contributed by atoms with Crippen molar-refractivity contribution in [3.63, 3.8) is 0 Å². The van der Waals surface area contributed by atoms with Crippen LogP contribution in [0.25, 0.3) is 0 Å². The lowest BCUT2D eigenvalue weighted by Gasteiger charge is -2.33. The van der Waals surface area contributed by atoms with Crippen molar-refractivity contribution in [3.8, 4) is 0 Å². The van der Waals surface area contributed by atoms with Crippen molar-refractivity contribution in [2.45, 2.75) is 50.4 Å². The Morgan fingerprint density at radius 2 is 1.76 bits per heavy atom. The first kappa shape index (κ1) is 21.6. The number of amides is 2. The lowest BCUT2D eigenvalue weighted by Crippen LogP contribution is -2.50. The fourth-order valence-electron chi connectivity index (χ4n) is 3.47. The number of nitrogens with one attached hydrogen (secondary N) is 1. The number of carbonyl (C=O) groups is 2. The van der Waals surface area contributed by atoms with Crippen LogP contribution in [0.2, 0.25) is 5.02 Å². The molecule has 1 aliphatic carbocycles. The van der Waals surface area contributed by atoms with Crippen LogP contribution in [0.3, 0.4) is 0 Å². The van der Waals surface area contributed by atoms with Gasteiger partial charge in [0, 0.05) is 21.6 Å². The van der Waals surface area contributed by atoms with E-state index in [0.717, 1.165) is 43.4 Å². The van der Waals surface area contributed by atoms with Gasteiger partial charge in [-0.25, -0.2) is 0 Å². The molecule has 29 heavy (non-hydrogen) atoms. The Kier molecular flexibility index (Phi) is 6.85. The minimum Gasteiger partial charge on any atom is -0.351 e. The number of hydrogen-bond donors (Lipinski definition) is 1. The molecule has 0 aliphatic heterocycles. The number of halogens is 4. The van der Waals surface area contributed by atoms with Gasteiger partial charge < -0.3 is 5.32 Å². The molecule has 1 fully saturated rings. The van der Waals surface area contributed by atoms with E-state index < -0.39 is 24.0 Å². The van der Waals surface area contributed by atoms with Crippen molar-refractivity contribution in [2.75, 3.05) is 4.90 Å². The number of benzene rings is 1. The van der Waals surface area contributed by atoms with Crippen LogP contribution in [0, 0.1) is 0 Å². The van der Waals surface area contributed by atoms with E-state index in [-0.39, 0.29) is 11.7 Å². The molecule has 1 saturated carbocycles. The lowest BCUT2D eigenvalue weighted by molar-refractivity contribution is -0.171. The van der Waals surface area contributed by atoms with E-state index in [1.165, 1.54) is 24.3 Å². The summed E-state index contributed by atoms with van der Waals surface area (Å²) >= 11 is 6.98. The molecule has 1 aromatic carbocycles. The van der Waals surface area contributed by atoms with E-state index in [2.05, 4.69) is 5.32 Å². The highest BCUT2D eigenvalue weighted by Gasteiger charge is 2.47. The van der Waals surface area contributed by atoms with Gasteiger partial charge in [0.25, 0.3) is 0 Å². The Morgan fingerprint density at radius 1 is 1.10 bits per heavy atom. The highest BCUT2D eigenvalue weighted by Crippen LogP contribution is 2.35. The maximum Gasteiger partial charge on any atom is 0.471 e. The summed E-state index contributed by atoms with van der Waals surface area (Å²) in [6.45, 7) is 0. The molecule has 1 heterocycles. The first-order chi connectivity index (χ1) is 13.8. The minimum absolute atomic E-state index is 0.0473. The Morgan fingerprint density at radius 3 is 2.31 bits per heavy atom. The zero-order valence-electron chi connectivity index (χ0n) is 15.4. The van der Waals surface area contributed by atoms with Crippen molar-refractivity contribution >= 4 is 40.4 Å². The van der Waals surface area contributed by atoms with Crippen molar-refractivity contribution in [1.82, 2.24) is 5.32 Å². The van der Waals surface area contributed by atoms with Crippen LogP contribution in [0.5, 0.6) is 0 Å². The Labute approximate surface area is 175 Å². The lowest BCUT2D eigenvalue weighted by atomic mass is 9.95. The van der Waals surface area contributed by atoms with Gasteiger partial charge in [-0.3, -0.25) is 14.5 Å². The average molecular weight is 445 g/mol. The van der Waals surface area contributed by atoms with E-state index in [9.17, 15) is 22.8 Å². The van der Waals surface area contributed by atoms with Crippen LogP contribution in [0.1, 0.15) is 43.0 Å². The molecule has 0 saturated heterocycles. The zero-order chi connectivity index (χ0) is 21.0. The molecular formula is C20H20ClF3N2O2S. The second-order valence-corrected chi connectivity index (χ2v) is 8.33. The highest BCUT2D eigenvalue weighted by atomic mass is 35.5. The van der Waals surface area contributed by atoms with Gasteiger partial charge in [0.2, 0.25) is 5.91 Å². The van der Waals surface area contributed by atoms with Gasteiger partial charge in [-0.2, -0.15) is 13.2 Å². The van der Waals surface area contributed by atoms with Gasteiger partial charge >= 0.3 is 12.1 Å². The summed E-state index contributed by atoms with van der Waals surface area (Å²) in [6, 6.07) is 7.05. The standard InChI is InChI=1S/C20H20ClF3N2O2S/c21-13-8-10-15(11-9-13)26(19(28)20(22,23)24)17(16-7-4-12-29-16)18(27)25-14-5-2-1-3-6-14/h4,7-12,14,17H,1-3,5-6H2,(H,25,27)/t17-/m1/s1. The largest absolute Gasteiger partial charge is 0.471 e. The van der Waals surface area contributed by atoms with E-state index in [1.54, 1.807) is 17.5 Å². The fraction of sp³-hybridized carbons (Fsp3) is 0.400. The molecule has 1 N–H and O–H groups in total. The number of thiophene rings is 1. The summed E-state index contributed by atoms with van der Waals surface area (Å²) in [7, 11) is 0. The minimum atomic E-state index is -5.14. The summed E-state index contributed by atoms with van der Waals surface area (Å²) in [5.41, 5.74) is -0.0473. The van der Waals surface area contributed by atoms with Crippen LogP contribution in [-0.2, 0) is 9.59 Å². The monoisotopic (exact) mass is 444 g/mol. The number of nitrogens with zero attached hydrogens (tertiary/aromatic N) is 1. The molecule has 0 radical (unpaired) electrons. The molecule has 0 bridgehead atoms. The van der Waals surface area contributed by atoms with Gasteiger partial charge in [-0.05, 0) is 48.6 Å². The Bertz CT molecular complexity index is 834. The summed E-state index contributed by atoms with van der Waals surface area (Å²) in [5.74, 6) is -2.72. The SMILES string of the molecule is O=C(NC1CCCCC1)[C@@H](c1cccs1)N(C(=O)C(F)(F)F)c1ccc(Cl)cc1. The first-order valence-electron chi connectivity index (χ1n) is 9.27. The summed E-state index contributed by atoms with van der Waals surface area (Å²) in [5, 5.41) is 4.83. The Hall–Kier alpha value is -2.06. The molecular weight excluding hydrogens is 425 g/mol. The predicted molar refractivity (Wildman–Crippen MR) is 107 cm³/mol. The molecule has 2 aromatic rings. The molecule has 0 unspecified atom stereocenters. The highest BCUT2D eigenvalue weighted by molar-refractivity contribution is 7.10. The third-order valence-electron chi connectivity index (χ3n) is 4.84. The second kappa shape index (κ2) is 9.17. The molecule has 4 nitrogen and oxygen atoms in total. The number of anilines is 1. The molecule has 2 amide bonds. The molecule has 3 rings (SSSR count). The van der Waals surface area contributed by atoms with Gasteiger partial charge in [0.15, 0.2) is 6.04 Å². The molecule has 156 valence electrons. The molecule has 0 spiro atoms. The van der Waals surface area contributed by atoms with Gasteiger partial charge in [-0.1, -0.05) is 36.9 Å². The maximum absolute atomic E-state index is 13.4. The summed E-state index contributed by atoms with van der Waals surface area (Å²) in [6.07, 6.45) is -0.605. The van der Waals surface area contributed by atoms with Gasteiger partial charge in [0.1, 0.15) is 0 Å². The van der Waals surface area contributed by atoms with Crippen molar-refractivity contribution in [1.29, 1.82) is 0 Å².